The van der Waals surface area contributed by atoms with E-state index in [4.69, 9.17) is 34.1 Å². The predicted octanol–water partition coefficient (Wildman–Crippen LogP) is -7.20. The number of fused-ring (bicyclic) bond motifs is 1. The number of amides is 18. The molecule has 0 radical (unpaired) electrons. The average Bonchev–Trinajstić information content (AvgIpc) is 1.64. The van der Waals surface area contributed by atoms with Crippen LogP contribution in [0.4, 0.5) is 0 Å². The number of aromatic nitrogens is 1. The van der Waals surface area contributed by atoms with Crippen LogP contribution in [0.5, 0.6) is 5.88 Å². The fraction of sp³-hybridized carbons (Fsp3) is 0.588. The minimum atomic E-state index is -5.25. The number of benzene rings is 2. The van der Waals surface area contributed by atoms with Crippen LogP contribution in [0.2, 0.25) is 0 Å². The number of rotatable bonds is 55. The van der Waals surface area contributed by atoms with Crippen LogP contribution in [0, 0.1) is 29.1 Å². The fourth-order valence-electron chi connectivity index (χ4n) is 15.0. The van der Waals surface area contributed by atoms with E-state index in [1.165, 1.54) is 34.6 Å². The molecule has 136 heavy (non-hydrogen) atoms. The molecule has 2 saturated heterocycles. The van der Waals surface area contributed by atoms with Crippen LogP contribution in [-0.2, 0) is 119 Å². The van der Waals surface area contributed by atoms with Crippen LogP contribution in [-0.4, -0.2) is 301 Å². The number of nitrogens with one attached hydrogen (secondary N) is 16. The molecule has 0 saturated carbocycles. The number of carboxylic acids is 2. The van der Waals surface area contributed by atoms with Gasteiger partial charge in [0.2, 0.25) is 106 Å². The second kappa shape index (κ2) is 52.8. The molecular weight excluding hydrogens is 1810 g/mol. The number of carbonyl (C=O) groups excluding carboxylic acids is 18. The largest absolute Gasteiger partial charge is 0.494 e. The van der Waals surface area contributed by atoms with Crippen molar-refractivity contribution >= 4 is 145 Å². The molecular formula is C85H129N23O27S. The molecule has 31 N–H and O–H groups in total. The Morgan fingerprint density at radius 1 is 0.478 bits per heavy atom. The third kappa shape index (κ3) is 35.6. The average molecular weight is 1940 g/mol. The van der Waals surface area contributed by atoms with Gasteiger partial charge in [0, 0.05) is 61.8 Å². The lowest BCUT2D eigenvalue weighted by Gasteiger charge is -2.34. The van der Waals surface area contributed by atoms with Crippen molar-refractivity contribution in [3.05, 3.63) is 65.7 Å². The summed E-state index contributed by atoms with van der Waals surface area (Å²) < 4.78 is 35.7. The molecule has 2 fully saturated rings. The molecule has 51 heteroatoms. The van der Waals surface area contributed by atoms with Crippen molar-refractivity contribution in [2.24, 2.45) is 52.3 Å². The number of aliphatic hydroxyl groups is 1. The molecule has 2 aliphatic heterocycles. The maximum absolute atomic E-state index is 15.6. The monoisotopic (exact) mass is 1940 g/mol. The summed E-state index contributed by atoms with van der Waals surface area (Å²) in [6, 6.07) is -12.2. The number of primary amides is 3. The number of aromatic amines is 1. The Balaban J connectivity index is 1.39. The smallest absolute Gasteiger partial charge is 0.326 e. The number of para-hydroxylation sites is 1. The first-order chi connectivity index (χ1) is 63.6. The standard InChI is InChI=1S/C85H129N23O27S/c1-39(2)33-52(99-73(120)53(34-45-19-12-11-13-20-45)100-74(121)55(37-62(88)112)98-68(115)43(9)93-72(119)54(36-61(87)111)101-78(125)64(89)44(10)109)75(122)105-67(42(7)8)81(128)102-56(35-47-46-21-14-15-22-48(46)94-69(47)116)82(129)108-32-18-25-59(108)83(130)107-31-17-24-58(107)77(124)103-57(38-136(133,134)135)76(123)106-66(41(5)6)80(127)96-50(27-29-63(113)114)71(118)104-65(40(3)4)79(126)95-49(26-28-60(86)110)70(117)97-51(84(131)132)23-16-30-92-85(90)91/h11-15,19-22,39-44,49-59,64-67,94,109,116H,16-18,23-38,89H2,1-10H3,(H2,86,110)(H2,87,111)(H2,88,112)(H,93,119)(H,95,126)(H,96,127)(H,97,117)(H,98,115)(H,99,120)(H,100,121)(H,101,125)(H,102,128)(H,103,124)(H,104,118)(H,105,122)(H,106,123)(H,113,114)(H,131,132)(H4,90,91,92)(H,133,134,135)/t43-,44+,49-,50-,51-,52-,53-,54-,55-,56-,57-,58-,59-,64-,65-,66-,67-/m0/s1. The Hall–Kier alpha value is -13.7. The highest BCUT2D eigenvalue weighted by atomic mass is 32.2. The van der Waals surface area contributed by atoms with E-state index in [9.17, 15) is 115 Å². The molecule has 3 heterocycles. The van der Waals surface area contributed by atoms with Gasteiger partial charge in [-0.3, -0.25) is 101 Å². The summed E-state index contributed by atoms with van der Waals surface area (Å²) in [7, 11) is -5.25. The van der Waals surface area contributed by atoms with Gasteiger partial charge in [0.1, 0.15) is 102 Å². The third-order valence-corrected chi connectivity index (χ3v) is 23.1. The Labute approximate surface area is 783 Å². The van der Waals surface area contributed by atoms with Crippen molar-refractivity contribution in [2.45, 2.75) is 268 Å². The molecule has 0 spiro atoms. The number of hydrogen-bond acceptors (Lipinski definition) is 26. The number of likely N-dealkylation sites (tertiary alicyclic amines) is 2. The first-order valence-corrected chi connectivity index (χ1v) is 45.8. The van der Waals surface area contributed by atoms with Crippen LogP contribution >= 0.6 is 0 Å². The van der Waals surface area contributed by atoms with E-state index >= 15 is 14.4 Å². The van der Waals surface area contributed by atoms with Gasteiger partial charge in [-0.05, 0) is 107 Å². The van der Waals surface area contributed by atoms with Crippen LogP contribution in [0.15, 0.2) is 54.6 Å². The number of carboxylic acid groups (broad SMARTS) is 2. The summed E-state index contributed by atoms with van der Waals surface area (Å²) in [5.74, 6) is -28.0. The van der Waals surface area contributed by atoms with Crippen molar-refractivity contribution in [3.63, 3.8) is 0 Å². The van der Waals surface area contributed by atoms with Gasteiger partial charge in [-0.2, -0.15) is 8.42 Å². The molecule has 17 atom stereocenters. The van der Waals surface area contributed by atoms with E-state index in [2.05, 4.69) is 79.4 Å². The lowest BCUT2D eigenvalue weighted by Crippen LogP contribution is -2.62. The van der Waals surface area contributed by atoms with E-state index < -0.39 is 317 Å². The Bertz CT molecular complexity index is 4960. The summed E-state index contributed by atoms with van der Waals surface area (Å²) in [4.78, 5) is 281. The number of carbonyl (C=O) groups is 20. The summed E-state index contributed by atoms with van der Waals surface area (Å²) in [5.41, 5.74) is 28.1. The minimum Gasteiger partial charge on any atom is -0.494 e. The zero-order valence-corrected chi connectivity index (χ0v) is 78.0. The molecule has 0 aliphatic carbocycles. The van der Waals surface area contributed by atoms with Gasteiger partial charge in [0.05, 0.1) is 18.9 Å². The summed E-state index contributed by atoms with van der Waals surface area (Å²) in [6.07, 6.45) is -6.54. The maximum Gasteiger partial charge on any atom is 0.326 e. The number of nitrogens with two attached hydrogens (primary N) is 5. The van der Waals surface area contributed by atoms with Crippen molar-refractivity contribution in [2.75, 3.05) is 25.4 Å². The Morgan fingerprint density at radius 3 is 1.42 bits per heavy atom. The highest BCUT2D eigenvalue weighted by Crippen LogP contribution is 2.31. The van der Waals surface area contributed by atoms with Crippen molar-refractivity contribution in [1.29, 1.82) is 5.41 Å². The van der Waals surface area contributed by atoms with E-state index in [1.807, 2.05) is 0 Å². The highest BCUT2D eigenvalue weighted by Gasteiger charge is 2.47. The third-order valence-electron chi connectivity index (χ3n) is 22.3. The summed E-state index contributed by atoms with van der Waals surface area (Å²) in [5, 5.41) is 82.4. The van der Waals surface area contributed by atoms with Crippen molar-refractivity contribution in [3.8, 4) is 5.88 Å². The van der Waals surface area contributed by atoms with Crippen molar-refractivity contribution in [1.82, 2.24) is 89.2 Å². The SMILES string of the molecule is CC(C)C[C@H](NC(=O)[C@H](Cc1ccccc1)NC(=O)[C@H](CC(N)=O)NC(=O)[C@H](C)NC(=O)[C@H](CC(N)=O)NC(=O)[C@@H](N)[C@@H](C)O)C(=O)N[C@H](C(=O)N[C@@H](Cc1c(O)[nH]c2ccccc12)C(=O)N1CCC[C@H]1C(=O)N1CCC[C@H]1C(=O)N[C@@H](CS(=O)(=O)O)C(=O)N[C@H](C(=O)N[C@@H](CCC(=O)O)C(=O)N[C@H](C(=O)N[C@@H](CCC(N)=O)C(=O)N[C@@H](CCCNC(=N)N)C(=O)O)C(C)C)C(C)C)C(C)C. The lowest BCUT2D eigenvalue weighted by molar-refractivity contribution is -0.148. The number of aliphatic hydroxyl groups excluding tert-OH is 1. The second-order valence-corrected chi connectivity index (χ2v) is 36.5. The molecule has 5 rings (SSSR count). The van der Waals surface area contributed by atoms with Gasteiger partial charge < -0.3 is 138 Å². The van der Waals surface area contributed by atoms with Gasteiger partial charge in [0.15, 0.2) is 11.8 Å². The Kier molecular flexibility index (Phi) is 43.8. The van der Waals surface area contributed by atoms with Crippen LogP contribution < -0.4 is 103 Å². The number of H-pyrrole nitrogens is 1. The quantitative estimate of drug-likeness (QED) is 0.0108. The summed E-state index contributed by atoms with van der Waals surface area (Å²) >= 11 is 0. The molecule has 2 aliphatic rings. The fourth-order valence-corrected chi connectivity index (χ4v) is 15.7. The van der Waals surface area contributed by atoms with E-state index in [1.54, 1.807) is 82.3 Å². The first kappa shape index (κ1) is 113. The lowest BCUT2D eigenvalue weighted by atomic mass is 9.98. The number of hydrogen-bond donors (Lipinski definition) is 26. The molecule has 18 amide bonds. The van der Waals surface area contributed by atoms with Gasteiger partial charge >= 0.3 is 11.9 Å². The van der Waals surface area contributed by atoms with E-state index in [0.717, 1.165) is 16.7 Å². The normalized spacial score (nSPS) is 17.0. The molecule has 1 aromatic heterocycles. The topological polar surface area (TPSA) is 821 Å². The first-order valence-electron chi connectivity index (χ1n) is 44.2. The Morgan fingerprint density at radius 2 is 0.919 bits per heavy atom. The van der Waals surface area contributed by atoms with Crippen LogP contribution in [0.3, 0.4) is 0 Å². The second-order valence-electron chi connectivity index (χ2n) is 35.0. The number of aliphatic carboxylic acids is 2. The van der Waals surface area contributed by atoms with Gasteiger partial charge in [-0.1, -0.05) is 104 Å². The number of aromatic hydroxyl groups is 1. The molecule has 2 aromatic carbocycles. The predicted molar refractivity (Wildman–Crippen MR) is 484 cm³/mol. The van der Waals surface area contributed by atoms with Gasteiger partial charge in [-0.25, -0.2) is 4.79 Å². The number of nitrogens with zero attached hydrogens (tertiary/aromatic N) is 2. The van der Waals surface area contributed by atoms with Gasteiger partial charge in [-0.15, -0.1) is 0 Å². The minimum absolute atomic E-state index is 0.0454. The molecule has 0 bridgehead atoms. The zero-order valence-electron chi connectivity index (χ0n) is 77.2. The van der Waals surface area contributed by atoms with Crippen LogP contribution in [0.1, 0.15) is 164 Å². The highest BCUT2D eigenvalue weighted by molar-refractivity contribution is 7.85. The molecule has 752 valence electrons. The summed E-state index contributed by atoms with van der Waals surface area (Å²) in [6.45, 7) is 14.2. The van der Waals surface area contributed by atoms with E-state index in [-0.39, 0.29) is 76.6 Å². The van der Waals surface area contributed by atoms with Crippen molar-refractivity contribution < 1.29 is 129 Å². The van der Waals surface area contributed by atoms with Gasteiger partial charge in [0.25, 0.3) is 10.1 Å². The zero-order chi connectivity index (χ0) is 102. The van der Waals surface area contributed by atoms with E-state index in [0.29, 0.717) is 16.5 Å². The molecule has 50 nitrogen and oxygen atoms in total. The maximum atomic E-state index is 15.6. The van der Waals surface area contributed by atoms with Crippen LogP contribution in [0.25, 0.3) is 10.9 Å². The molecule has 3 aromatic rings. The molecule has 0 unspecified atom stereocenters. The number of guanidine groups is 1.